The summed E-state index contributed by atoms with van der Waals surface area (Å²) < 4.78 is 5.77. The fraction of sp³-hybridized carbons (Fsp3) is 0.440. The summed E-state index contributed by atoms with van der Waals surface area (Å²) in [6.45, 7) is 7.16. The number of amides is 2. The third-order valence-corrected chi connectivity index (χ3v) is 5.74. The normalized spacial score (nSPS) is 17.9. The first-order valence-electron chi connectivity index (χ1n) is 10.9. The summed E-state index contributed by atoms with van der Waals surface area (Å²) in [6.07, 6.45) is 0.546. The number of ether oxygens (including phenoxy) is 1. The molecule has 1 aliphatic heterocycles. The van der Waals surface area contributed by atoms with E-state index in [-0.39, 0.29) is 17.9 Å². The molecular weight excluding hydrogens is 392 g/mol. The van der Waals surface area contributed by atoms with Crippen molar-refractivity contribution in [3.8, 4) is 5.75 Å². The Morgan fingerprint density at radius 1 is 1.06 bits per heavy atom. The number of carbonyl (C=O) groups is 2. The van der Waals surface area contributed by atoms with Crippen molar-refractivity contribution in [3.05, 3.63) is 65.7 Å². The zero-order valence-corrected chi connectivity index (χ0v) is 18.5. The SMILES string of the molecule is CC(C)COc1ccc([C@@H](NC(=O)[C@@H](C)c2ccccc2)C2CCCN2C(=O)O)cc1. The van der Waals surface area contributed by atoms with Crippen molar-refractivity contribution >= 4 is 12.0 Å². The molecular formula is C25H32N2O4. The lowest BCUT2D eigenvalue weighted by atomic mass is 9.94. The Morgan fingerprint density at radius 3 is 2.35 bits per heavy atom. The van der Waals surface area contributed by atoms with Crippen LogP contribution >= 0.6 is 0 Å². The average molecular weight is 425 g/mol. The van der Waals surface area contributed by atoms with Crippen molar-refractivity contribution in [2.75, 3.05) is 13.2 Å². The van der Waals surface area contributed by atoms with Crippen LogP contribution in [0.15, 0.2) is 54.6 Å². The Labute approximate surface area is 184 Å². The van der Waals surface area contributed by atoms with Crippen molar-refractivity contribution in [2.45, 2.75) is 51.6 Å². The van der Waals surface area contributed by atoms with Gasteiger partial charge in [0.1, 0.15) is 5.75 Å². The van der Waals surface area contributed by atoms with Crippen molar-refractivity contribution in [1.82, 2.24) is 10.2 Å². The van der Waals surface area contributed by atoms with Gasteiger partial charge in [0.2, 0.25) is 5.91 Å². The van der Waals surface area contributed by atoms with Crippen LogP contribution in [-0.4, -0.2) is 41.2 Å². The highest BCUT2D eigenvalue weighted by Gasteiger charge is 2.37. The van der Waals surface area contributed by atoms with E-state index in [4.69, 9.17) is 4.74 Å². The van der Waals surface area contributed by atoms with Gasteiger partial charge in [-0.1, -0.05) is 56.3 Å². The second kappa shape index (κ2) is 10.3. The van der Waals surface area contributed by atoms with Gasteiger partial charge in [0.25, 0.3) is 0 Å². The van der Waals surface area contributed by atoms with Gasteiger partial charge in [0, 0.05) is 6.54 Å². The molecule has 2 N–H and O–H groups in total. The van der Waals surface area contributed by atoms with Gasteiger partial charge in [-0.05, 0) is 48.9 Å². The lowest BCUT2D eigenvalue weighted by Gasteiger charge is -2.32. The maximum absolute atomic E-state index is 13.1. The fourth-order valence-electron chi connectivity index (χ4n) is 3.98. The second-order valence-electron chi connectivity index (χ2n) is 8.58. The highest BCUT2D eigenvalue weighted by atomic mass is 16.5. The Balaban J connectivity index is 1.83. The van der Waals surface area contributed by atoms with Gasteiger partial charge >= 0.3 is 6.09 Å². The molecule has 0 aliphatic carbocycles. The minimum absolute atomic E-state index is 0.117. The van der Waals surface area contributed by atoms with Gasteiger partial charge in [-0.25, -0.2) is 4.79 Å². The number of rotatable bonds is 8. The predicted molar refractivity (Wildman–Crippen MR) is 120 cm³/mol. The molecule has 31 heavy (non-hydrogen) atoms. The van der Waals surface area contributed by atoms with Crippen molar-refractivity contribution in [1.29, 1.82) is 0 Å². The van der Waals surface area contributed by atoms with Gasteiger partial charge < -0.3 is 20.1 Å². The van der Waals surface area contributed by atoms with Gasteiger partial charge in [0.05, 0.1) is 24.6 Å². The molecule has 1 heterocycles. The summed E-state index contributed by atoms with van der Waals surface area (Å²) in [4.78, 5) is 26.3. The maximum atomic E-state index is 13.1. The molecule has 6 nitrogen and oxygen atoms in total. The zero-order chi connectivity index (χ0) is 22.4. The number of hydrogen-bond acceptors (Lipinski definition) is 3. The number of likely N-dealkylation sites (tertiary alicyclic amines) is 1. The Hall–Kier alpha value is -3.02. The van der Waals surface area contributed by atoms with E-state index in [0.29, 0.717) is 25.5 Å². The number of carboxylic acid groups (broad SMARTS) is 1. The maximum Gasteiger partial charge on any atom is 0.407 e. The summed E-state index contributed by atoms with van der Waals surface area (Å²) in [6, 6.07) is 16.5. The summed E-state index contributed by atoms with van der Waals surface area (Å²) in [7, 11) is 0. The minimum atomic E-state index is -0.949. The summed E-state index contributed by atoms with van der Waals surface area (Å²) in [5.74, 6) is 0.737. The summed E-state index contributed by atoms with van der Waals surface area (Å²) >= 11 is 0. The largest absolute Gasteiger partial charge is 0.493 e. The molecule has 0 spiro atoms. The first kappa shape index (κ1) is 22.7. The molecule has 3 atom stereocenters. The van der Waals surface area contributed by atoms with Gasteiger partial charge in [-0.3, -0.25) is 4.79 Å². The molecule has 0 bridgehead atoms. The number of carbonyl (C=O) groups excluding carboxylic acids is 1. The number of nitrogens with zero attached hydrogens (tertiary/aromatic N) is 1. The number of benzene rings is 2. The van der Waals surface area contributed by atoms with Crippen LogP contribution in [0.3, 0.4) is 0 Å². The molecule has 6 heteroatoms. The van der Waals surface area contributed by atoms with E-state index >= 15 is 0 Å². The first-order chi connectivity index (χ1) is 14.9. The Kier molecular flexibility index (Phi) is 7.55. The van der Waals surface area contributed by atoms with E-state index in [9.17, 15) is 14.7 Å². The van der Waals surface area contributed by atoms with Crippen LogP contribution in [0.2, 0.25) is 0 Å². The second-order valence-corrected chi connectivity index (χ2v) is 8.58. The van der Waals surface area contributed by atoms with Crippen molar-refractivity contribution < 1.29 is 19.4 Å². The zero-order valence-electron chi connectivity index (χ0n) is 18.5. The molecule has 0 radical (unpaired) electrons. The van der Waals surface area contributed by atoms with Crippen LogP contribution in [0.25, 0.3) is 0 Å². The molecule has 1 unspecified atom stereocenters. The van der Waals surface area contributed by atoms with Crippen molar-refractivity contribution in [2.24, 2.45) is 5.92 Å². The van der Waals surface area contributed by atoms with Crippen molar-refractivity contribution in [3.63, 3.8) is 0 Å². The van der Waals surface area contributed by atoms with E-state index in [1.165, 1.54) is 4.90 Å². The van der Waals surface area contributed by atoms with Crippen LogP contribution in [0.1, 0.15) is 56.7 Å². The van der Waals surface area contributed by atoms with E-state index < -0.39 is 12.1 Å². The average Bonchev–Trinajstić information content (AvgIpc) is 3.26. The molecule has 2 aromatic rings. The van der Waals surface area contributed by atoms with Crippen LogP contribution in [0.5, 0.6) is 5.75 Å². The van der Waals surface area contributed by atoms with Crippen LogP contribution in [-0.2, 0) is 4.79 Å². The topological polar surface area (TPSA) is 78.9 Å². The molecule has 1 saturated heterocycles. The van der Waals surface area contributed by atoms with E-state index in [1.807, 2.05) is 61.5 Å². The lowest BCUT2D eigenvalue weighted by molar-refractivity contribution is -0.123. The monoisotopic (exact) mass is 424 g/mol. The molecule has 1 aliphatic rings. The van der Waals surface area contributed by atoms with E-state index in [1.54, 1.807) is 0 Å². The molecule has 0 saturated carbocycles. The first-order valence-corrected chi connectivity index (χ1v) is 10.9. The summed E-state index contributed by atoms with van der Waals surface area (Å²) in [5.41, 5.74) is 1.81. The smallest absolute Gasteiger partial charge is 0.407 e. The van der Waals surface area contributed by atoms with Crippen LogP contribution in [0, 0.1) is 5.92 Å². The molecule has 2 amide bonds. The lowest BCUT2D eigenvalue weighted by Crippen LogP contribution is -2.46. The fourth-order valence-corrected chi connectivity index (χ4v) is 3.98. The third-order valence-electron chi connectivity index (χ3n) is 5.74. The molecule has 1 fully saturated rings. The molecule has 0 aromatic heterocycles. The highest BCUT2D eigenvalue weighted by Crippen LogP contribution is 2.31. The Bertz CT molecular complexity index is 867. The van der Waals surface area contributed by atoms with Gasteiger partial charge in [-0.15, -0.1) is 0 Å². The third kappa shape index (κ3) is 5.78. The van der Waals surface area contributed by atoms with E-state index in [0.717, 1.165) is 23.3 Å². The minimum Gasteiger partial charge on any atom is -0.493 e. The number of hydrogen-bond donors (Lipinski definition) is 2. The molecule has 166 valence electrons. The Morgan fingerprint density at radius 2 is 1.74 bits per heavy atom. The summed E-state index contributed by atoms with van der Waals surface area (Å²) in [5, 5.41) is 12.8. The van der Waals surface area contributed by atoms with Gasteiger partial charge in [-0.2, -0.15) is 0 Å². The quantitative estimate of drug-likeness (QED) is 0.636. The van der Waals surface area contributed by atoms with E-state index in [2.05, 4.69) is 19.2 Å². The molecule has 2 aromatic carbocycles. The van der Waals surface area contributed by atoms with Crippen LogP contribution in [0.4, 0.5) is 4.79 Å². The van der Waals surface area contributed by atoms with Gasteiger partial charge in [0.15, 0.2) is 0 Å². The number of nitrogens with one attached hydrogen (secondary N) is 1. The van der Waals surface area contributed by atoms with Crippen LogP contribution < -0.4 is 10.1 Å². The highest BCUT2D eigenvalue weighted by molar-refractivity contribution is 5.83. The predicted octanol–water partition coefficient (Wildman–Crippen LogP) is 4.82. The molecule has 3 rings (SSSR count). The standard InChI is InChI=1S/C25H32N2O4/c1-17(2)16-31-21-13-11-20(12-14-21)23(22-10-7-15-27(22)25(29)30)26-24(28)18(3)19-8-5-4-6-9-19/h4-6,8-9,11-14,17-18,22-23H,7,10,15-16H2,1-3H3,(H,26,28)(H,29,30)/t18-,22?,23+/m0/s1.